The number of unbranched alkanes of at least 4 members (excludes halogenated alkanes) is 7. The van der Waals surface area contributed by atoms with Crippen LogP contribution < -0.4 is 0 Å². The standard InChI is InChI=1S/C13H23ClN2O2S/c1-2-3-4-5-6-7-8-9-10-16-12-13(11-15-16)19(14,17)18/h11-12H,2-10H2,1H3. The molecule has 0 atom stereocenters. The van der Waals surface area contributed by atoms with Gasteiger partial charge in [0, 0.05) is 23.4 Å². The van der Waals surface area contributed by atoms with E-state index in [0.29, 0.717) is 0 Å². The Balaban J connectivity index is 2.11. The van der Waals surface area contributed by atoms with Gasteiger partial charge in [-0.2, -0.15) is 5.10 Å². The van der Waals surface area contributed by atoms with Crippen LogP contribution in [0.2, 0.25) is 0 Å². The molecule has 4 nitrogen and oxygen atoms in total. The van der Waals surface area contributed by atoms with Gasteiger partial charge >= 0.3 is 0 Å². The van der Waals surface area contributed by atoms with Gasteiger partial charge in [-0.15, -0.1) is 0 Å². The van der Waals surface area contributed by atoms with Crippen LogP contribution in [0, 0.1) is 0 Å². The predicted molar refractivity (Wildman–Crippen MR) is 77.9 cm³/mol. The van der Waals surface area contributed by atoms with Crippen LogP contribution in [0.4, 0.5) is 0 Å². The maximum Gasteiger partial charge on any atom is 0.264 e. The number of halogens is 1. The van der Waals surface area contributed by atoms with Gasteiger partial charge in [0.1, 0.15) is 4.90 Å². The number of rotatable bonds is 10. The Morgan fingerprint density at radius 2 is 1.68 bits per heavy atom. The fourth-order valence-corrected chi connectivity index (χ4v) is 2.66. The zero-order valence-electron chi connectivity index (χ0n) is 11.5. The Morgan fingerprint density at radius 1 is 1.11 bits per heavy atom. The summed E-state index contributed by atoms with van der Waals surface area (Å²) in [6.07, 6.45) is 12.8. The molecule has 6 heteroatoms. The van der Waals surface area contributed by atoms with Crippen molar-refractivity contribution in [2.24, 2.45) is 0 Å². The van der Waals surface area contributed by atoms with Gasteiger partial charge in [-0.3, -0.25) is 4.68 Å². The molecule has 0 amide bonds. The summed E-state index contributed by atoms with van der Waals surface area (Å²) in [5.74, 6) is 0. The van der Waals surface area contributed by atoms with E-state index in [1.807, 2.05) is 0 Å². The molecule has 0 radical (unpaired) electrons. The Morgan fingerprint density at radius 3 is 2.21 bits per heavy atom. The zero-order valence-corrected chi connectivity index (χ0v) is 13.1. The third kappa shape index (κ3) is 6.97. The van der Waals surface area contributed by atoms with Crippen LogP contribution >= 0.6 is 10.7 Å². The molecule has 0 saturated carbocycles. The van der Waals surface area contributed by atoms with E-state index in [9.17, 15) is 8.42 Å². The molecule has 0 bridgehead atoms. The Bertz CT molecular complexity index is 457. The van der Waals surface area contributed by atoms with Crippen LogP contribution in [0.15, 0.2) is 17.3 Å². The van der Waals surface area contributed by atoms with Crippen molar-refractivity contribution < 1.29 is 8.42 Å². The molecule has 0 fully saturated rings. The van der Waals surface area contributed by atoms with Crippen LogP contribution in [0.5, 0.6) is 0 Å². The second-order valence-corrected chi connectivity index (χ2v) is 7.42. The highest BCUT2D eigenvalue weighted by atomic mass is 35.7. The lowest BCUT2D eigenvalue weighted by molar-refractivity contribution is 0.519. The van der Waals surface area contributed by atoms with Crippen LogP contribution in [0.25, 0.3) is 0 Å². The minimum absolute atomic E-state index is 0.0775. The fourth-order valence-electron chi connectivity index (χ4n) is 2.00. The summed E-state index contributed by atoms with van der Waals surface area (Å²) in [5.41, 5.74) is 0. The third-order valence-corrected chi connectivity index (χ3v) is 4.44. The van der Waals surface area contributed by atoms with Crippen molar-refractivity contribution in [3.63, 3.8) is 0 Å². The molecule has 1 rings (SSSR count). The lowest BCUT2D eigenvalue weighted by Crippen LogP contribution is -1.98. The van der Waals surface area contributed by atoms with Crippen molar-refractivity contribution >= 4 is 19.7 Å². The third-order valence-electron chi connectivity index (χ3n) is 3.13. The average molecular weight is 307 g/mol. The van der Waals surface area contributed by atoms with Crippen molar-refractivity contribution in [2.75, 3.05) is 0 Å². The van der Waals surface area contributed by atoms with Gasteiger partial charge < -0.3 is 0 Å². The molecule has 1 aromatic heterocycles. The largest absolute Gasteiger partial charge is 0.271 e. The number of aromatic nitrogens is 2. The van der Waals surface area contributed by atoms with Crippen molar-refractivity contribution in [3.05, 3.63) is 12.4 Å². The number of aryl methyl sites for hydroxylation is 1. The molecule has 0 aliphatic rings. The van der Waals surface area contributed by atoms with Gasteiger partial charge in [0.25, 0.3) is 9.05 Å². The summed E-state index contributed by atoms with van der Waals surface area (Å²) in [6, 6.07) is 0. The van der Waals surface area contributed by atoms with E-state index in [2.05, 4.69) is 12.0 Å². The molecular formula is C13H23ClN2O2S. The summed E-state index contributed by atoms with van der Waals surface area (Å²) in [7, 11) is 1.59. The second kappa shape index (κ2) is 8.59. The van der Waals surface area contributed by atoms with Gasteiger partial charge in [-0.25, -0.2) is 8.42 Å². The maximum absolute atomic E-state index is 11.1. The molecule has 0 spiro atoms. The van der Waals surface area contributed by atoms with Gasteiger partial charge in [0.05, 0.1) is 6.20 Å². The predicted octanol–water partition coefficient (Wildman–Crippen LogP) is 3.95. The zero-order chi connectivity index (χ0) is 14.1. The smallest absolute Gasteiger partial charge is 0.264 e. The molecule has 19 heavy (non-hydrogen) atoms. The highest BCUT2D eigenvalue weighted by Gasteiger charge is 2.12. The summed E-state index contributed by atoms with van der Waals surface area (Å²) in [6.45, 7) is 2.97. The minimum Gasteiger partial charge on any atom is -0.271 e. The first-order chi connectivity index (χ1) is 9.04. The van der Waals surface area contributed by atoms with E-state index in [0.717, 1.165) is 19.4 Å². The van der Waals surface area contributed by atoms with Crippen LogP contribution in [-0.2, 0) is 15.6 Å². The number of nitrogens with zero attached hydrogens (tertiary/aromatic N) is 2. The van der Waals surface area contributed by atoms with Crippen molar-refractivity contribution in [1.29, 1.82) is 0 Å². The molecular weight excluding hydrogens is 284 g/mol. The first kappa shape index (κ1) is 16.5. The molecule has 1 aromatic rings. The quantitative estimate of drug-likeness (QED) is 0.486. The van der Waals surface area contributed by atoms with E-state index in [1.165, 1.54) is 50.9 Å². The molecule has 110 valence electrons. The van der Waals surface area contributed by atoms with Crippen molar-refractivity contribution in [2.45, 2.75) is 69.7 Å². The Labute approximate surface area is 120 Å². The van der Waals surface area contributed by atoms with Crippen molar-refractivity contribution in [3.8, 4) is 0 Å². The molecule has 0 saturated heterocycles. The van der Waals surface area contributed by atoms with E-state index >= 15 is 0 Å². The van der Waals surface area contributed by atoms with E-state index < -0.39 is 9.05 Å². The maximum atomic E-state index is 11.1. The van der Waals surface area contributed by atoms with Crippen LogP contribution in [0.1, 0.15) is 58.3 Å². The molecule has 0 N–H and O–H groups in total. The van der Waals surface area contributed by atoms with Gasteiger partial charge in [0.15, 0.2) is 0 Å². The monoisotopic (exact) mass is 306 g/mol. The summed E-state index contributed by atoms with van der Waals surface area (Å²) >= 11 is 0. The average Bonchev–Trinajstić information content (AvgIpc) is 2.81. The molecule has 0 aliphatic heterocycles. The SMILES string of the molecule is CCCCCCCCCCn1cc(S(=O)(=O)Cl)cn1. The van der Waals surface area contributed by atoms with Gasteiger partial charge in [-0.05, 0) is 6.42 Å². The Hall–Kier alpha value is -0.550. The lowest BCUT2D eigenvalue weighted by atomic mass is 10.1. The number of hydrogen-bond donors (Lipinski definition) is 0. The van der Waals surface area contributed by atoms with Crippen LogP contribution in [0.3, 0.4) is 0 Å². The molecule has 0 unspecified atom stereocenters. The van der Waals surface area contributed by atoms with Crippen molar-refractivity contribution in [1.82, 2.24) is 9.78 Å². The lowest BCUT2D eigenvalue weighted by Gasteiger charge is -2.02. The van der Waals surface area contributed by atoms with Crippen LogP contribution in [-0.4, -0.2) is 18.2 Å². The summed E-state index contributed by atoms with van der Waals surface area (Å²) in [5, 5.41) is 3.99. The van der Waals surface area contributed by atoms with Gasteiger partial charge in [-0.1, -0.05) is 51.9 Å². The Kier molecular flexibility index (Phi) is 7.46. The molecule has 0 aliphatic carbocycles. The summed E-state index contributed by atoms with van der Waals surface area (Å²) in [4.78, 5) is 0.0775. The second-order valence-electron chi connectivity index (χ2n) is 4.85. The highest BCUT2D eigenvalue weighted by molar-refractivity contribution is 8.13. The van der Waals surface area contributed by atoms with E-state index in [1.54, 1.807) is 4.68 Å². The molecule has 0 aromatic carbocycles. The summed E-state index contributed by atoms with van der Waals surface area (Å²) < 4.78 is 23.8. The minimum atomic E-state index is -3.64. The highest BCUT2D eigenvalue weighted by Crippen LogP contribution is 2.14. The first-order valence-corrected chi connectivity index (χ1v) is 9.32. The van der Waals surface area contributed by atoms with E-state index in [4.69, 9.17) is 10.7 Å². The number of hydrogen-bond acceptors (Lipinski definition) is 3. The first-order valence-electron chi connectivity index (χ1n) is 7.01. The van der Waals surface area contributed by atoms with E-state index in [-0.39, 0.29) is 4.90 Å². The molecule has 1 heterocycles. The topological polar surface area (TPSA) is 52.0 Å². The van der Waals surface area contributed by atoms with Gasteiger partial charge in [0.2, 0.25) is 0 Å². The normalized spacial score (nSPS) is 11.9. The fraction of sp³-hybridized carbons (Fsp3) is 0.769.